The monoisotopic (exact) mass is 225 g/mol. The van der Waals surface area contributed by atoms with E-state index in [1.54, 1.807) is 18.2 Å². The van der Waals surface area contributed by atoms with Crippen molar-refractivity contribution in [2.24, 2.45) is 5.73 Å². The number of carbonyl (C=O) groups is 1. The number of esters is 1. The third-order valence-electron chi connectivity index (χ3n) is 1.82. The van der Waals surface area contributed by atoms with E-state index in [1.807, 2.05) is 0 Å². The molecule has 0 aliphatic heterocycles. The molecule has 0 aliphatic carbocycles. The van der Waals surface area contributed by atoms with Crippen LogP contribution in [-0.2, 0) is 11.4 Å². The summed E-state index contributed by atoms with van der Waals surface area (Å²) in [6.45, 7) is 1.90. The molecule has 0 atom stereocenters. The summed E-state index contributed by atoms with van der Waals surface area (Å²) < 4.78 is 10.3. The average Bonchev–Trinajstić information content (AvgIpc) is 2.27. The molecule has 0 radical (unpaired) electrons. The highest BCUT2D eigenvalue weighted by Gasteiger charge is 2.08. The molecule has 1 aromatic rings. The summed E-state index contributed by atoms with van der Waals surface area (Å²) in [6, 6.07) is 4.86. The summed E-state index contributed by atoms with van der Waals surface area (Å²) >= 11 is 0. The van der Waals surface area contributed by atoms with Gasteiger partial charge in [-0.25, -0.2) is 0 Å². The third-order valence-corrected chi connectivity index (χ3v) is 1.82. The van der Waals surface area contributed by atoms with Crippen molar-refractivity contribution in [3.8, 4) is 11.5 Å². The summed E-state index contributed by atoms with van der Waals surface area (Å²) in [5.74, 6) is 0.319. The van der Waals surface area contributed by atoms with E-state index in [4.69, 9.17) is 20.3 Å². The van der Waals surface area contributed by atoms with Gasteiger partial charge < -0.3 is 20.3 Å². The predicted molar refractivity (Wildman–Crippen MR) is 58.2 cm³/mol. The summed E-state index contributed by atoms with van der Waals surface area (Å²) in [4.78, 5) is 10.8. The van der Waals surface area contributed by atoms with Crippen molar-refractivity contribution in [1.29, 1.82) is 0 Å². The maximum atomic E-state index is 10.8. The van der Waals surface area contributed by atoms with E-state index in [-0.39, 0.29) is 6.61 Å². The highest BCUT2D eigenvalue weighted by Crippen LogP contribution is 2.28. The Balaban J connectivity index is 2.91. The molecular formula is C11H15NO4. The Morgan fingerprint density at radius 1 is 1.44 bits per heavy atom. The van der Waals surface area contributed by atoms with Gasteiger partial charge in [0.2, 0.25) is 0 Å². The van der Waals surface area contributed by atoms with Crippen molar-refractivity contribution in [3.05, 3.63) is 23.8 Å². The van der Waals surface area contributed by atoms with E-state index in [9.17, 15) is 4.79 Å². The molecule has 0 aromatic heterocycles. The Hall–Kier alpha value is -1.59. The van der Waals surface area contributed by atoms with Crippen molar-refractivity contribution in [3.63, 3.8) is 0 Å². The van der Waals surface area contributed by atoms with Gasteiger partial charge in [-0.2, -0.15) is 0 Å². The van der Waals surface area contributed by atoms with Crippen LogP contribution in [0.15, 0.2) is 18.2 Å². The smallest absolute Gasteiger partial charge is 0.308 e. The predicted octanol–water partition coefficient (Wildman–Crippen LogP) is 0.442. The number of nitrogens with two attached hydrogens (primary N) is 1. The Morgan fingerprint density at radius 3 is 2.75 bits per heavy atom. The third kappa shape index (κ3) is 3.52. The highest BCUT2D eigenvalue weighted by molar-refractivity contribution is 5.70. The summed E-state index contributed by atoms with van der Waals surface area (Å²) in [5, 5.41) is 8.97. The lowest BCUT2D eigenvalue weighted by Gasteiger charge is -2.11. The van der Waals surface area contributed by atoms with E-state index < -0.39 is 5.97 Å². The Labute approximate surface area is 93.8 Å². The van der Waals surface area contributed by atoms with Gasteiger partial charge in [-0.3, -0.25) is 4.79 Å². The van der Waals surface area contributed by atoms with Crippen molar-refractivity contribution in [1.82, 2.24) is 0 Å². The van der Waals surface area contributed by atoms with Gasteiger partial charge in [0.1, 0.15) is 6.61 Å². The number of benzene rings is 1. The molecule has 0 heterocycles. The normalized spacial score (nSPS) is 9.94. The second kappa shape index (κ2) is 6.09. The molecule has 0 amide bonds. The Morgan fingerprint density at radius 2 is 2.19 bits per heavy atom. The number of rotatable bonds is 5. The number of carbonyl (C=O) groups excluding carboxylic acids is 1. The van der Waals surface area contributed by atoms with Gasteiger partial charge in [0.05, 0.1) is 6.61 Å². The molecule has 0 saturated carbocycles. The largest absolute Gasteiger partial charge is 0.488 e. The quantitative estimate of drug-likeness (QED) is 0.561. The molecule has 88 valence electrons. The molecule has 0 saturated heterocycles. The first kappa shape index (κ1) is 12.5. The summed E-state index contributed by atoms with van der Waals surface area (Å²) in [7, 11) is 0. The van der Waals surface area contributed by atoms with Crippen LogP contribution in [-0.4, -0.2) is 24.2 Å². The van der Waals surface area contributed by atoms with Crippen LogP contribution in [0.25, 0.3) is 0 Å². The van der Waals surface area contributed by atoms with Crippen LogP contribution in [0.4, 0.5) is 0 Å². The molecule has 1 aromatic carbocycles. The molecule has 0 fully saturated rings. The van der Waals surface area contributed by atoms with Gasteiger partial charge in [0.25, 0.3) is 0 Å². The van der Waals surface area contributed by atoms with Gasteiger partial charge in [-0.15, -0.1) is 0 Å². The minimum atomic E-state index is -0.422. The molecule has 0 unspecified atom stereocenters. The average molecular weight is 225 g/mol. The Bertz CT molecular complexity index is 365. The minimum absolute atomic E-state index is 0.0979. The lowest BCUT2D eigenvalue weighted by atomic mass is 10.2. The molecule has 1 rings (SSSR count). The molecular weight excluding hydrogens is 210 g/mol. The first-order chi connectivity index (χ1) is 7.67. The lowest BCUT2D eigenvalue weighted by molar-refractivity contribution is -0.132. The fourth-order valence-corrected chi connectivity index (χ4v) is 1.17. The fraction of sp³-hybridized carbons (Fsp3) is 0.364. The van der Waals surface area contributed by atoms with Crippen molar-refractivity contribution in [2.45, 2.75) is 13.5 Å². The van der Waals surface area contributed by atoms with E-state index >= 15 is 0 Å². The molecule has 0 bridgehead atoms. The lowest BCUT2D eigenvalue weighted by Crippen LogP contribution is -2.12. The second-order valence-corrected chi connectivity index (χ2v) is 3.17. The van der Waals surface area contributed by atoms with E-state index in [1.165, 1.54) is 6.92 Å². The maximum Gasteiger partial charge on any atom is 0.308 e. The van der Waals surface area contributed by atoms with Gasteiger partial charge in [-0.05, 0) is 17.7 Å². The minimum Gasteiger partial charge on any atom is -0.488 e. The number of hydrogen-bond acceptors (Lipinski definition) is 5. The van der Waals surface area contributed by atoms with Gasteiger partial charge >= 0.3 is 5.97 Å². The molecule has 3 N–H and O–H groups in total. The zero-order valence-electron chi connectivity index (χ0n) is 9.10. The fourth-order valence-electron chi connectivity index (χ4n) is 1.17. The number of aliphatic hydroxyl groups excluding tert-OH is 1. The summed E-state index contributed by atoms with van der Waals surface area (Å²) in [6.07, 6.45) is 0. The van der Waals surface area contributed by atoms with Crippen molar-refractivity contribution in [2.75, 3.05) is 13.2 Å². The standard InChI is InChI=1S/C11H15NO4/c1-8(14)16-10-3-2-9(7-13)6-11(10)15-5-4-12/h2-3,6,13H,4-5,7,12H2,1H3. The number of hydrogen-bond donors (Lipinski definition) is 2. The van der Waals surface area contributed by atoms with Crippen LogP contribution < -0.4 is 15.2 Å². The van der Waals surface area contributed by atoms with Crippen LogP contribution in [0.2, 0.25) is 0 Å². The number of ether oxygens (including phenoxy) is 2. The molecule has 5 heteroatoms. The molecule has 16 heavy (non-hydrogen) atoms. The SMILES string of the molecule is CC(=O)Oc1ccc(CO)cc1OCCN. The number of aliphatic hydroxyl groups is 1. The highest BCUT2D eigenvalue weighted by atomic mass is 16.6. The summed E-state index contributed by atoms with van der Waals surface area (Å²) in [5.41, 5.74) is 6.00. The van der Waals surface area contributed by atoms with E-state index in [0.717, 1.165) is 0 Å². The van der Waals surface area contributed by atoms with E-state index in [0.29, 0.717) is 30.2 Å². The van der Waals surface area contributed by atoms with Gasteiger partial charge in [-0.1, -0.05) is 6.07 Å². The topological polar surface area (TPSA) is 81.8 Å². The molecule has 0 aliphatic rings. The first-order valence-corrected chi connectivity index (χ1v) is 4.92. The van der Waals surface area contributed by atoms with E-state index in [2.05, 4.69) is 0 Å². The second-order valence-electron chi connectivity index (χ2n) is 3.17. The zero-order valence-corrected chi connectivity index (χ0v) is 9.10. The zero-order chi connectivity index (χ0) is 12.0. The van der Waals surface area contributed by atoms with Gasteiger partial charge in [0.15, 0.2) is 11.5 Å². The molecule has 5 nitrogen and oxygen atoms in total. The maximum absolute atomic E-state index is 10.8. The van der Waals surface area contributed by atoms with Crippen LogP contribution in [0, 0.1) is 0 Å². The first-order valence-electron chi connectivity index (χ1n) is 4.92. The van der Waals surface area contributed by atoms with Gasteiger partial charge in [0, 0.05) is 13.5 Å². The van der Waals surface area contributed by atoms with Crippen LogP contribution in [0.5, 0.6) is 11.5 Å². The van der Waals surface area contributed by atoms with Crippen LogP contribution in [0.1, 0.15) is 12.5 Å². The van der Waals surface area contributed by atoms with Crippen molar-refractivity contribution >= 4 is 5.97 Å². The van der Waals surface area contributed by atoms with Crippen molar-refractivity contribution < 1.29 is 19.4 Å². The Kier molecular flexibility index (Phi) is 4.75. The molecule has 0 spiro atoms. The van der Waals surface area contributed by atoms with Crippen LogP contribution in [0.3, 0.4) is 0 Å². The van der Waals surface area contributed by atoms with Crippen LogP contribution >= 0.6 is 0 Å².